The van der Waals surface area contributed by atoms with Crippen molar-refractivity contribution in [1.29, 1.82) is 0 Å². The Morgan fingerprint density at radius 2 is 2.00 bits per heavy atom. The fourth-order valence-corrected chi connectivity index (χ4v) is 3.96. The van der Waals surface area contributed by atoms with E-state index in [0.29, 0.717) is 6.04 Å². The number of ether oxygens (including phenoxy) is 1. The van der Waals surface area contributed by atoms with Crippen LogP contribution in [-0.2, 0) is 4.79 Å². The summed E-state index contributed by atoms with van der Waals surface area (Å²) in [5.41, 5.74) is 0.799. The molecule has 0 saturated carbocycles. The van der Waals surface area contributed by atoms with Gasteiger partial charge in [-0.2, -0.15) is 0 Å². The van der Waals surface area contributed by atoms with Crippen molar-refractivity contribution in [3.05, 3.63) is 24.3 Å². The molecule has 0 aliphatic carbocycles. The van der Waals surface area contributed by atoms with Crippen LogP contribution in [0.15, 0.2) is 24.3 Å². The van der Waals surface area contributed by atoms with Crippen LogP contribution in [0.3, 0.4) is 0 Å². The van der Waals surface area contributed by atoms with Crippen molar-refractivity contribution in [3.63, 3.8) is 0 Å². The molecular formula is C17H23N3O2. The molecule has 0 aromatic heterocycles. The number of anilines is 1. The molecule has 2 fully saturated rings. The smallest absolute Gasteiger partial charge is 0.241 e. The van der Waals surface area contributed by atoms with Crippen LogP contribution in [0.2, 0.25) is 0 Å². The molecule has 0 unspecified atom stereocenters. The molecular weight excluding hydrogens is 278 g/mol. The number of nitrogens with zero attached hydrogens (tertiary/aromatic N) is 2. The summed E-state index contributed by atoms with van der Waals surface area (Å²) >= 11 is 0. The molecule has 3 aliphatic rings. The highest BCUT2D eigenvalue weighted by Gasteiger charge is 2.43. The summed E-state index contributed by atoms with van der Waals surface area (Å²) < 4.78 is 6.15. The van der Waals surface area contributed by atoms with E-state index in [4.69, 9.17) is 4.74 Å². The summed E-state index contributed by atoms with van der Waals surface area (Å²) in [6.07, 6.45) is 3.20. The Morgan fingerprint density at radius 1 is 1.23 bits per heavy atom. The number of nitrogens with one attached hydrogen (secondary N) is 1. The van der Waals surface area contributed by atoms with Gasteiger partial charge in [0, 0.05) is 19.0 Å². The molecule has 118 valence electrons. The molecule has 1 aromatic carbocycles. The van der Waals surface area contributed by atoms with Gasteiger partial charge in [-0.3, -0.25) is 9.69 Å². The van der Waals surface area contributed by atoms with E-state index in [1.807, 2.05) is 24.3 Å². The molecule has 1 aromatic rings. The van der Waals surface area contributed by atoms with E-state index in [-0.39, 0.29) is 18.1 Å². The van der Waals surface area contributed by atoms with Gasteiger partial charge in [0.2, 0.25) is 5.91 Å². The normalized spacial score (nSPS) is 30.1. The van der Waals surface area contributed by atoms with Crippen LogP contribution in [0.1, 0.15) is 19.3 Å². The number of amides is 1. The Bertz CT molecular complexity index is 569. The Balaban J connectivity index is 1.56. The lowest BCUT2D eigenvalue weighted by molar-refractivity contribution is -0.121. The summed E-state index contributed by atoms with van der Waals surface area (Å²) in [5, 5.41) is 3.05. The number of piperidine rings is 1. The molecule has 1 amide bonds. The fraction of sp³-hybridized carbons (Fsp3) is 0.588. The Kier molecular flexibility index (Phi) is 3.54. The third-order valence-corrected chi connectivity index (χ3v) is 5.20. The number of rotatable bonds is 1. The number of fused-ring (bicyclic) bond motifs is 3. The molecule has 0 radical (unpaired) electrons. The molecule has 2 bridgehead atoms. The Morgan fingerprint density at radius 3 is 2.82 bits per heavy atom. The first-order valence-electron chi connectivity index (χ1n) is 8.21. The second-order valence-electron chi connectivity index (χ2n) is 6.71. The van der Waals surface area contributed by atoms with Gasteiger partial charge in [0.25, 0.3) is 0 Å². The van der Waals surface area contributed by atoms with Gasteiger partial charge in [-0.1, -0.05) is 12.1 Å². The Hall–Kier alpha value is -1.59. The molecule has 3 aliphatic heterocycles. The van der Waals surface area contributed by atoms with Gasteiger partial charge in [-0.05, 0) is 45.1 Å². The van der Waals surface area contributed by atoms with Crippen molar-refractivity contribution in [2.75, 3.05) is 32.0 Å². The number of carbonyl (C=O) groups is 1. The van der Waals surface area contributed by atoms with Gasteiger partial charge >= 0.3 is 0 Å². The summed E-state index contributed by atoms with van der Waals surface area (Å²) in [7, 11) is 2.17. The van der Waals surface area contributed by atoms with Gasteiger partial charge in [-0.25, -0.2) is 0 Å². The predicted octanol–water partition coefficient (Wildman–Crippen LogP) is 1.55. The Labute approximate surface area is 131 Å². The van der Waals surface area contributed by atoms with Crippen LogP contribution in [-0.4, -0.2) is 60.6 Å². The van der Waals surface area contributed by atoms with Crippen LogP contribution < -0.4 is 10.1 Å². The standard InChI is InChI=1S/C17H23N3O2/c1-19-8-6-12(7-9-19)20-11-13-10-15(20)17(21)18-14-4-2-3-5-16(14)22-13/h2-5,12-13,15H,6-11H2,1H3,(H,18,21)/t13-,15-/m0/s1. The zero-order valence-corrected chi connectivity index (χ0v) is 13.0. The van der Waals surface area contributed by atoms with E-state index < -0.39 is 0 Å². The largest absolute Gasteiger partial charge is 0.487 e. The molecule has 5 nitrogen and oxygen atoms in total. The average Bonchev–Trinajstić information content (AvgIpc) is 2.94. The lowest BCUT2D eigenvalue weighted by Gasteiger charge is -2.37. The van der Waals surface area contributed by atoms with E-state index >= 15 is 0 Å². The fourth-order valence-electron chi connectivity index (χ4n) is 3.96. The first-order valence-corrected chi connectivity index (χ1v) is 8.21. The zero-order chi connectivity index (χ0) is 15.1. The second kappa shape index (κ2) is 5.56. The van der Waals surface area contributed by atoms with Crippen LogP contribution in [0.4, 0.5) is 5.69 Å². The van der Waals surface area contributed by atoms with Gasteiger partial charge < -0.3 is 15.0 Å². The summed E-state index contributed by atoms with van der Waals surface area (Å²) in [4.78, 5) is 17.4. The number of likely N-dealkylation sites (tertiary alicyclic amines) is 2. The van der Waals surface area contributed by atoms with E-state index in [1.54, 1.807) is 0 Å². The number of carbonyl (C=O) groups excluding carboxylic acids is 1. The minimum Gasteiger partial charge on any atom is -0.487 e. The molecule has 22 heavy (non-hydrogen) atoms. The van der Waals surface area contributed by atoms with Crippen LogP contribution in [0.5, 0.6) is 5.75 Å². The summed E-state index contributed by atoms with van der Waals surface area (Å²) in [5.74, 6) is 0.918. The highest BCUT2D eigenvalue weighted by Crippen LogP contribution is 2.34. The molecule has 3 heterocycles. The van der Waals surface area contributed by atoms with E-state index in [9.17, 15) is 4.79 Å². The third-order valence-electron chi connectivity index (χ3n) is 5.20. The van der Waals surface area contributed by atoms with Gasteiger partial charge in [0.15, 0.2) is 0 Å². The molecule has 0 spiro atoms. The summed E-state index contributed by atoms with van der Waals surface area (Å²) in [6.45, 7) is 3.09. The minimum absolute atomic E-state index is 0.0493. The lowest BCUT2D eigenvalue weighted by atomic mass is 10.0. The van der Waals surface area contributed by atoms with Gasteiger partial charge in [0.05, 0.1) is 11.7 Å². The van der Waals surface area contributed by atoms with E-state index in [2.05, 4.69) is 22.2 Å². The van der Waals surface area contributed by atoms with E-state index in [0.717, 1.165) is 50.3 Å². The maximum Gasteiger partial charge on any atom is 0.241 e. The predicted molar refractivity (Wildman–Crippen MR) is 85.1 cm³/mol. The zero-order valence-electron chi connectivity index (χ0n) is 13.0. The summed E-state index contributed by atoms with van der Waals surface area (Å²) in [6, 6.07) is 8.19. The van der Waals surface area contributed by atoms with Crippen molar-refractivity contribution in [2.24, 2.45) is 0 Å². The van der Waals surface area contributed by atoms with Crippen molar-refractivity contribution in [2.45, 2.75) is 37.5 Å². The molecule has 2 saturated heterocycles. The maximum atomic E-state index is 12.7. The quantitative estimate of drug-likeness (QED) is 0.855. The van der Waals surface area contributed by atoms with E-state index in [1.165, 1.54) is 0 Å². The number of hydrogen-bond donors (Lipinski definition) is 1. The molecule has 5 heteroatoms. The van der Waals surface area contributed by atoms with Crippen LogP contribution in [0, 0.1) is 0 Å². The lowest BCUT2D eigenvalue weighted by Crippen LogP contribution is -2.49. The maximum absolute atomic E-state index is 12.7. The monoisotopic (exact) mass is 301 g/mol. The third kappa shape index (κ3) is 2.48. The van der Waals surface area contributed by atoms with Crippen LogP contribution in [0.25, 0.3) is 0 Å². The van der Waals surface area contributed by atoms with Crippen molar-refractivity contribution >= 4 is 11.6 Å². The first-order chi connectivity index (χ1) is 10.7. The van der Waals surface area contributed by atoms with Crippen molar-refractivity contribution in [3.8, 4) is 5.75 Å². The second-order valence-corrected chi connectivity index (χ2v) is 6.71. The molecule has 4 rings (SSSR count). The van der Waals surface area contributed by atoms with Crippen molar-refractivity contribution < 1.29 is 9.53 Å². The number of benzene rings is 1. The topological polar surface area (TPSA) is 44.8 Å². The first kappa shape index (κ1) is 14.0. The highest BCUT2D eigenvalue weighted by molar-refractivity contribution is 5.96. The van der Waals surface area contributed by atoms with Crippen molar-refractivity contribution in [1.82, 2.24) is 9.80 Å². The number of hydrogen-bond acceptors (Lipinski definition) is 4. The molecule has 2 atom stereocenters. The number of para-hydroxylation sites is 2. The molecule has 1 N–H and O–H groups in total. The van der Waals surface area contributed by atoms with Gasteiger partial charge in [-0.15, -0.1) is 0 Å². The SMILES string of the molecule is CN1CCC(N2C[C@@H]3C[C@H]2C(=O)Nc2ccccc2O3)CC1. The average molecular weight is 301 g/mol. The highest BCUT2D eigenvalue weighted by atomic mass is 16.5. The van der Waals surface area contributed by atoms with Gasteiger partial charge in [0.1, 0.15) is 11.9 Å². The van der Waals surface area contributed by atoms with Crippen LogP contribution >= 0.6 is 0 Å². The minimum atomic E-state index is -0.0493.